The Hall–Kier alpha value is -1.45. The van der Waals surface area contributed by atoms with Crippen molar-refractivity contribution in [3.05, 3.63) is 29.5 Å². The number of hydrogen-bond donors (Lipinski definition) is 0. The van der Waals surface area contributed by atoms with Gasteiger partial charge in [-0.1, -0.05) is 6.92 Å². The van der Waals surface area contributed by atoms with E-state index in [4.69, 9.17) is 0 Å². The number of rotatable bonds is 1. The Balaban J connectivity index is 2.87. The molecule has 0 saturated heterocycles. The molecule has 2 aromatic rings. The van der Waals surface area contributed by atoms with Gasteiger partial charge in [-0.25, -0.2) is 8.78 Å². The summed E-state index contributed by atoms with van der Waals surface area (Å²) >= 11 is 0. The van der Waals surface area contributed by atoms with Crippen LogP contribution in [0.5, 0.6) is 0 Å². The Bertz CT molecular complexity index is 488. The molecule has 0 atom stereocenters. The SMILES string of the molecule is CCc1c2cc(F)cc(F)c2nn1C. The van der Waals surface area contributed by atoms with Gasteiger partial charge in [0.15, 0.2) is 5.82 Å². The quantitative estimate of drug-likeness (QED) is 0.684. The predicted molar refractivity (Wildman–Crippen MR) is 50.0 cm³/mol. The van der Waals surface area contributed by atoms with Crippen molar-refractivity contribution in [2.24, 2.45) is 7.05 Å². The molecule has 0 amide bonds. The molecule has 0 radical (unpaired) electrons. The third kappa shape index (κ3) is 1.18. The lowest BCUT2D eigenvalue weighted by Crippen LogP contribution is -1.95. The van der Waals surface area contributed by atoms with Crippen LogP contribution in [0.3, 0.4) is 0 Å². The van der Waals surface area contributed by atoms with Crippen LogP contribution in [0.15, 0.2) is 12.1 Å². The minimum atomic E-state index is -0.602. The van der Waals surface area contributed by atoms with Gasteiger partial charge >= 0.3 is 0 Å². The summed E-state index contributed by atoms with van der Waals surface area (Å²) in [6.07, 6.45) is 0.704. The smallest absolute Gasteiger partial charge is 0.154 e. The van der Waals surface area contributed by atoms with Gasteiger partial charge in [0.05, 0.1) is 0 Å². The summed E-state index contributed by atoms with van der Waals surface area (Å²) in [5.74, 6) is -1.16. The van der Waals surface area contributed by atoms with E-state index in [1.165, 1.54) is 6.07 Å². The molecule has 0 aliphatic heterocycles. The summed E-state index contributed by atoms with van der Waals surface area (Å²) in [6.45, 7) is 1.93. The van der Waals surface area contributed by atoms with Crippen molar-refractivity contribution in [1.29, 1.82) is 0 Å². The van der Waals surface area contributed by atoms with Crippen molar-refractivity contribution in [2.45, 2.75) is 13.3 Å². The fourth-order valence-electron chi connectivity index (χ4n) is 1.69. The summed E-state index contributed by atoms with van der Waals surface area (Å²) in [5, 5.41) is 4.56. The lowest BCUT2D eigenvalue weighted by atomic mass is 10.1. The zero-order valence-electron chi connectivity index (χ0n) is 8.01. The zero-order chi connectivity index (χ0) is 10.3. The van der Waals surface area contributed by atoms with Crippen molar-refractivity contribution in [3.63, 3.8) is 0 Å². The van der Waals surface area contributed by atoms with Crippen LogP contribution in [0.1, 0.15) is 12.6 Å². The number of hydrogen-bond acceptors (Lipinski definition) is 1. The molecule has 0 fully saturated rings. The molecule has 0 aliphatic rings. The maximum atomic E-state index is 13.3. The van der Waals surface area contributed by atoms with E-state index in [-0.39, 0.29) is 5.52 Å². The van der Waals surface area contributed by atoms with E-state index in [2.05, 4.69) is 5.10 Å². The molecule has 0 saturated carbocycles. The summed E-state index contributed by atoms with van der Waals surface area (Å²) in [6, 6.07) is 2.18. The van der Waals surface area contributed by atoms with Crippen molar-refractivity contribution in [2.75, 3.05) is 0 Å². The minimum absolute atomic E-state index is 0.241. The van der Waals surface area contributed by atoms with E-state index in [0.717, 1.165) is 11.8 Å². The van der Waals surface area contributed by atoms with Crippen molar-refractivity contribution >= 4 is 10.9 Å². The second-order valence-corrected chi connectivity index (χ2v) is 3.21. The number of aromatic nitrogens is 2. The largest absolute Gasteiger partial charge is 0.271 e. The molecule has 0 N–H and O–H groups in total. The first-order valence-electron chi connectivity index (χ1n) is 4.44. The van der Waals surface area contributed by atoms with Gasteiger partial charge in [-0.15, -0.1) is 0 Å². The normalized spacial score (nSPS) is 11.1. The van der Waals surface area contributed by atoms with Crippen LogP contribution in [0.25, 0.3) is 10.9 Å². The lowest BCUT2D eigenvalue weighted by molar-refractivity contribution is 0.589. The Morgan fingerprint density at radius 3 is 2.71 bits per heavy atom. The molecule has 0 spiro atoms. The van der Waals surface area contributed by atoms with Gasteiger partial charge in [0.1, 0.15) is 11.3 Å². The number of halogens is 2. The lowest BCUT2D eigenvalue weighted by Gasteiger charge is -1.96. The van der Waals surface area contributed by atoms with E-state index in [0.29, 0.717) is 11.8 Å². The van der Waals surface area contributed by atoms with Crippen molar-refractivity contribution < 1.29 is 8.78 Å². The molecule has 0 bridgehead atoms. The monoisotopic (exact) mass is 196 g/mol. The van der Waals surface area contributed by atoms with Gasteiger partial charge in [-0.3, -0.25) is 4.68 Å². The summed E-state index contributed by atoms with van der Waals surface area (Å²) < 4.78 is 27.8. The first-order chi connectivity index (χ1) is 6.63. The fourth-order valence-corrected chi connectivity index (χ4v) is 1.69. The first kappa shape index (κ1) is 9.12. The first-order valence-corrected chi connectivity index (χ1v) is 4.44. The summed E-state index contributed by atoms with van der Waals surface area (Å²) in [7, 11) is 1.73. The van der Waals surface area contributed by atoms with Gasteiger partial charge in [0.2, 0.25) is 0 Å². The van der Waals surface area contributed by atoms with Gasteiger partial charge in [0.25, 0.3) is 0 Å². The van der Waals surface area contributed by atoms with Crippen LogP contribution >= 0.6 is 0 Å². The molecule has 1 aromatic heterocycles. The molecule has 1 aromatic carbocycles. The Morgan fingerprint density at radius 1 is 1.36 bits per heavy atom. The maximum absolute atomic E-state index is 13.3. The van der Waals surface area contributed by atoms with Gasteiger partial charge < -0.3 is 0 Å². The molecule has 74 valence electrons. The van der Waals surface area contributed by atoms with E-state index in [9.17, 15) is 8.78 Å². The summed E-state index contributed by atoms with van der Waals surface area (Å²) in [5.41, 5.74) is 1.09. The molecule has 2 nitrogen and oxygen atoms in total. The number of fused-ring (bicyclic) bond motifs is 1. The van der Waals surface area contributed by atoms with Crippen LogP contribution in [0, 0.1) is 11.6 Å². The maximum Gasteiger partial charge on any atom is 0.154 e. The summed E-state index contributed by atoms with van der Waals surface area (Å²) in [4.78, 5) is 0. The molecule has 14 heavy (non-hydrogen) atoms. The van der Waals surface area contributed by atoms with E-state index in [1.54, 1.807) is 11.7 Å². The predicted octanol–water partition coefficient (Wildman–Crippen LogP) is 2.41. The Morgan fingerprint density at radius 2 is 2.07 bits per heavy atom. The number of aryl methyl sites for hydroxylation is 2. The molecule has 2 rings (SSSR count). The highest BCUT2D eigenvalue weighted by Gasteiger charge is 2.12. The van der Waals surface area contributed by atoms with E-state index < -0.39 is 11.6 Å². The Kier molecular flexibility index (Phi) is 1.98. The highest BCUT2D eigenvalue weighted by atomic mass is 19.1. The molecular formula is C10H10F2N2. The van der Waals surface area contributed by atoms with Crippen LogP contribution < -0.4 is 0 Å². The fraction of sp³-hybridized carbons (Fsp3) is 0.300. The van der Waals surface area contributed by atoms with E-state index >= 15 is 0 Å². The molecule has 1 heterocycles. The second kappa shape index (κ2) is 3.04. The van der Waals surface area contributed by atoms with Gasteiger partial charge in [0, 0.05) is 24.2 Å². The Labute approximate surface area is 80.1 Å². The van der Waals surface area contributed by atoms with Crippen LogP contribution in [-0.4, -0.2) is 9.78 Å². The number of benzene rings is 1. The molecule has 4 heteroatoms. The standard InChI is InChI=1S/C10H10F2N2/c1-3-9-7-4-6(11)5-8(12)10(7)13-14(9)2/h4-5H,3H2,1-2H3. The van der Waals surface area contributed by atoms with Crippen molar-refractivity contribution in [3.8, 4) is 0 Å². The molecule has 0 aliphatic carbocycles. The van der Waals surface area contributed by atoms with Crippen LogP contribution in [0.4, 0.5) is 8.78 Å². The highest BCUT2D eigenvalue weighted by Crippen LogP contribution is 2.22. The van der Waals surface area contributed by atoms with Crippen LogP contribution in [-0.2, 0) is 13.5 Å². The van der Waals surface area contributed by atoms with Crippen molar-refractivity contribution in [1.82, 2.24) is 9.78 Å². The third-order valence-electron chi connectivity index (χ3n) is 2.31. The third-order valence-corrected chi connectivity index (χ3v) is 2.31. The average Bonchev–Trinajstić information content (AvgIpc) is 2.41. The average molecular weight is 196 g/mol. The van der Waals surface area contributed by atoms with E-state index in [1.807, 2.05) is 6.92 Å². The zero-order valence-corrected chi connectivity index (χ0v) is 8.01. The van der Waals surface area contributed by atoms with Crippen LogP contribution in [0.2, 0.25) is 0 Å². The molecule has 0 unspecified atom stereocenters. The van der Waals surface area contributed by atoms with Gasteiger partial charge in [-0.05, 0) is 12.5 Å². The number of nitrogens with zero attached hydrogens (tertiary/aromatic N) is 2. The second-order valence-electron chi connectivity index (χ2n) is 3.21. The minimum Gasteiger partial charge on any atom is -0.271 e. The van der Waals surface area contributed by atoms with Gasteiger partial charge in [-0.2, -0.15) is 5.10 Å². The molecular weight excluding hydrogens is 186 g/mol. The highest BCUT2D eigenvalue weighted by molar-refractivity contribution is 5.82. The topological polar surface area (TPSA) is 17.8 Å².